The number of amides is 1. The van der Waals surface area contributed by atoms with E-state index in [2.05, 4.69) is 15.4 Å². The Morgan fingerprint density at radius 3 is 2.58 bits per heavy atom. The molecule has 0 aromatic heterocycles. The largest absolute Gasteiger partial charge is 0.362 e. The first-order valence-electron chi connectivity index (χ1n) is 3.80. The molecule has 0 saturated carbocycles. The van der Waals surface area contributed by atoms with Gasteiger partial charge in [-0.3, -0.25) is 4.79 Å². The van der Waals surface area contributed by atoms with Crippen LogP contribution in [0.15, 0.2) is 0 Å². The van der Waals surface area contributed by atoms with Crippen LogP contribution < -0.4 is 10.6 Å². The SMILES string of the molecule is CNC=O.C[C@@H]1CO[C@H](F)CN1. The van der Waals surface area contributed by atoms with Crippen molar-refractivity contribution in [2.24, 2.45) is 0 Å². The first-order valence-corrected chi connectivity index (χ1v) is 3.80. The predicted octanol–water partition coefficient (Wildman–Crippen LogP) is -0.347. The summed E-state index contributed by atoms with van der Waals surface area (Å²) in [6.45, 7) is 2.79. The van der Waals surface area contributed by atoms with Crippen LogP contribution in [0.4, 0.5) is 4.39 Å². The third-order valence-electron chi connectivity index (χ3n) is 1.27. The van der Waals surface area contributed by atoms with Crippen molar-refractivity contribution in [1.82, 2.24) is 10.6 Å². The lowest BCUT2D eigenvalue weighted by atomic mass is 10.3. The van der Waals surface area contributed by atoms with Gasteiger partial charge in [-0.15, -0.1) is 0 Å². The van der Waals surface area contributed by atoms with Crippen molar-refractivity contribution in [3.05, 3.63) is 0 Å². The maximum absolute atomic E-state index is 12.1. The molecule has 1 fully saturated rings. The van der Waals surface area contributed by atoms with Crippen LogP contribution >= 0.6 is 0 Å². The highest BCUT2D eigenvalue weighted by molar-refractivity contribution is 5.44. The van der Waals surface area contributed by atoms with Crippen LogP contribution in [0, 0.1) is 0 Å². The number of halogens is 1. The molecule has 0 aromatic rings. The fourth-order valence-electron chi connectivity index (χ4n) is 0.660. The number of hydrogen-bond acceptors (Lipinski definition) is 3. The van der Waals surface area contributed by atoms with Crippen LogP contribution in [0.25, 0.3) is 0 Å². The van der Waals surface area contributed by atoms with E-state index < -0.39 is 6.36 Å². The lowest BCUT2D eigenvalue weighted by molar-refractivity contribution is -0.109. The lowest BCUT2D eigenvalue weighted by Gasteiger charge is -2.22. The number of hydrogen-bond donors (Lipinski definition) is 2. The molecule has 1 saturated heterocycles. The number of morpholine rings is 1. The van der Waals surface area contributed by atoms with Gasteiger partial charge in [0.1, 0.15) is 0 Å². The maximum Gasteiger partial charge on any atom is 0.211 e. The Balaban J connectivity index is 0.000000261. The molecule has 72 valence electrons. The number of carbonyl (C=O) groups excluding carboxylic acids is 1. The predicted molar refractivity (Wildman–Crippen MR) is 43.4 cm³/mol. The molecule has 0 unspecified atom stereocenters. The Labute approximate surface area is 71.5 Å². The molecule has 0 spiro atoms. The number of alkyl halides is 1. The summed E-state index contributed by atoms with van der Waals surface area (Å²) in [5.41, 5.74) is 0. The molecule has 0 bridgehead atoms. The van der Waals surface area contributed by atoms with E-state index in [-0.39, 0.29) is 0 Å². The Kier molecular flexibility index (Phi) is 6.60. The second-order valence-corrected chi connectivity index (χ2v) is 2.46. The first kappa shape index (κ1) is 11.3. The standard InChI is InChI=1S/C5H10FNO.C2H5NO/c1-4-3-8-5(6)2-7-4;1-3-2-4/h4-5,7H,2-3H2,1H3;2H,1H3,(H,3,4)/t4-,5+;/m1./s1. The summed E-state index contributed by atoms with van der Waals surface area (Å²) in [6.07, 6.45) is -0.466. The summed E-state index contributed by atoms with van der Waals surface area (Å²) in [4.78, 5) is 9.06. The van der Waals surface area contributed by atoms with Crippen LogP contribution in [0.5, 0.6) is 0 Å². The highest BCUT2D eigenvalue weighted by Crippen LogP contribution is 1.99. The van der Waals surface area contributed by atoms with E-state index in [9.17, 15) is 4.39 Å². The summed E-state index contributed by atoms with van der Waals surface area (Å²) in [6, 6.07) is 0.307. The topological polar surface area (TPSA) is 50.4 Å². The van der Waals surface area contributed by atoms with Crippen molar-refractivity contribution in [3.63, 3.8) is 0 Å². The van der Waals surface area contributed by atoms with Gasteiger partial charge in [0.2, 0.25) is 12.8 Å². The zero-order chi connectivity index (χ0) is 9.40. The van der Waals surface area contributed by atoms with Gasteiger partial charge in [0.15, 0.2) is 0 Å². The van der Waals surface area contributed by atoms with Crippen LogP contribution in [-0.2, 0) is 9.53 Å². The molecule has 0 aromatic carbocycles. The van der Waals surface area contributed by atoms with E-state index in [1.807, 2.05) is 6.92 Å². The minimum atomic E-state index is -1.09. The van der Waals surface area contributed by atoms with E-state index in [0.717, 1.165) is 0 Å². The number of rotatable bonds is 1. The maximum atomic E-state index is 12.1. The molecule has 2 atom stereocenters. The van der Waals surface area contributed by atoms with Crippen LogP contribution in [-0.4, -0.2) is 39.0 Å². The van der Waals surface area contributed by atoms with Crippen LogP contribution in [0.3, 0.4) is 0 Å². The van der Waals surface area contributed by atoms with E-state index in [0.29, 0.717) is 25.6 Å². The van der Waals surface area contributed by atoms with Crippen LogP contribution in [0.1, 0.15) is 6.92 Å². The van der Waals surface area contributed by atoms with Gasteiger partial charge >= 0.3 is 0 Å². The molecule has 0 radical (unpaired) electrons. The molecule has 1 aliphatic heterocycles. The van der Waals surface area contributed by atoms with E-state index in [4.69, 9.17) is 4.79 Å². The molecule has 1 amide bonds. The average Bonchev–Trinajstić information content (AvgIpc) is 2.11. The Bertz CT molecular complexity index is 106. The highest BCUT2D eigenvalue weighted by atomic mass is 19.1. The number of ether oxygens (including phenoxy) is 1. The normalized spacial score (nSPS) is 28.2. The van der Waals surface area contributed by atoms with Gasteiger partial charge in [-0.2, -0.15) is 0 Å². The molecule has 4 nitrogen and oxygen atoms in total. The van der Waals surface area contributed by atoms with Gasteiger partial charge in [-0.25, -0.2) is 4.39 Å². The lowest BCUT2D eigenvalue weighted by Crippen LogP contribution is -2.42. The molecule has 1 rings (SSSR count). The third-order valence-corrected chi connectivity index (χ3v) is 1.27. The van der Waals surface area contributed by atoms with Gasteiger partial charge in [0.25, 0.3) is 0 Å². The second kappa shape index (κ2) is 7.00. The monoisotopic (exact) mass is 178 g/mol. The summed E-state index contributed by atoms with van der Waals surface area (Å²) in [7, 11) is 1.56. The molecule has 1 aliphatic rings. The Morgan fingerprint density at radius 2 is 2.33 bits per heavy atom. The van der Waals surface area contributed by atoms with Gasteiger partial charge in [-0.1, -0.05) is 0 Å². The van der Waals surface area contributed by atoms with Crippen molar-refractivity contribution in [2.45, 2.75) is 19.3 Å². The molecule has 0 aliphatic carbocycles. The quantitative estimate of drug-likeness (QED) is 0.540. The summed E-state index contributed by atoms with van der Waals surface area (Å²) >= 11 is 0. The Hall–Kier alpha value is -0.680. The number of carbonyl (C=O) groups is 1. The summed E-state index contributed by atoms with van der Waals surface area (Å²) in [5.74, 6) is 0. The van der Waals surface area contributed by atoms with Gasteiger partial charge in [-0.05, 0) is 6.92 Å². The molecular weight excluding hydrogens is 163 g/mol. The average molecular weight is 178 g/mol. The number of nitrogens with one attached hydrogen (secondary N) is 2. The van der Waals surface area contributed by atoms with E-state index >= 15 is 0 Å². The van der Waals surface area contributed by atoms with Crippen molar-refractivity contribution >= 4 is 6.41 Å². The summed E-state index contributed by atoms with van der Waals surface area (Å²) < 4.78 is 16.7. The van der Waals surface area contributed by atoms with Crippen molar-refractivity contribution < 1.29 is 13.9 Å². The zero-order valence-corrected chi connectivity index (χ0v) is 7.34. The highest BCUT2D eigenvalue weighted by Gasteiger charge is 2.15. The summed E-state index contributed by atoms with van der Waals surface area (Å²) in [5, 5.41) is 5.18. The van der Waals surface area contributed by atoms with Gasteiger partial charge < -0.3 is 15.4 Å². The van der Waals surface area contributed by atoms with Crippen LogP contribution in [0.2, 0.25) is 0 Å². The third kappa shape index (κ3) is 6.06. The minimum absolute atomic E-state index is 0.307. The van der Waals surface area contributed by atoms with E-state index in [1.54, 1.807) is 7.05 Å². The molecule has 5 heteroatoms. The smallest absolute Gasteiger partial charge is 0.211 e. The zero-order valence-electron chi connectivity index (χ0n) is 7.34. The van der Waals surface area contributed by atoms with Crippen molar-refractivity contribution in [2.75, 3.05) is 20.2 Å². The fraction of sp³-hybridized carbons (Fsp3) is 0.857. The van der Waals surface area contributed by atoms with Gasteiger partial charge in [0.05, 0.1) is 13.2 Å². The fourth-order valence-corrected chi connectivity index (χ4v) is 0.660. The molecule has 2 N–H and O–H groups in total. The minimum Gasteiger partial charge on any atom is -0.362 e. The first-order chi connectivity index (χ1) is 5.70. The molecule has 12 heavy (non-hydrogen) atoms. The van der Waals surface area contributed by atoms with Gasteiger partial charge in [0, 0.05) is 13.1 Å². The Morgan fingerprint density at radius 1 is 1.75 bits per heavy atom. The van der Waals surface area contributed by atoms with Crippen molar-refractivity contribution in [3.8, 4) is 0 Å². The van der Waals surface area contributed by atoms with E-state index in [1.165, 1.54) is 0 Å². The molecule has 1 heterocycles. The molecular formula is C7H15FN2O2. The van der Waals surface area contributed by atoms with Crippen molar-refractivity contribution in [1.29, 1.82) is 0 Å². The second-order valence-electron chi connectivity index (χ2n) is 2.46.